The van der Waals surface area contributed by atoms with Gasteiger partial charge in [-0.1, -0.05) is 17.7 Å². The van der Waals surface area contributed by atoms with E-state index in [1.807, 2.05) is 27.7 Å². The maximum absolute atomic E-state index is 12.1. The lowest BCUT2D eigenvalue weighted by Crippen LogP contribution is -2.32. The first-order chi connectivity index (χ1) is 9.62. The molecule has 1 heterocycles. The Bertz CT molecular complexity index is 591. The smallest absolute Gasteiger partial charge is 0.296 e. The second-order valence-corrected chi connectivity index (χ2v) is 7.69. The van der Waals surface area contributed by atoms with Gasteiger partial charge in [0.15, 0.2) is 5.79 Å². The van der Waals surface area contributed by atoms with Crippen molar-refractivity contribution >= 4 is 10.1 Å². The molecule has 0 amide bonds. The molecule has 0 bridgehead atoms. The Hall–Kier alpha value is -0.950. The number of rotatable bonds is 5. The third kappa shape index (κ3) is 4.26. The van der Waals surface area contributed by atoms with Crippen LogP contribution in [0.5, 0.6) is 0 Å². The van der Waals surface area contributed by atoms with Crippen molar-refractivity contribution in [3.63, 3.8) is 0 Å². The molecule has 5 nitrogen and oxygen atoms in total. The van der Waals surface area contributed by atoms with Gasteiger partial charge in [0, 0.05) is 6.42 Å². The van der Waals surface area contributed by atoms with E-state index in [1.165, 1.54) is 0 Å². The molecule has 0 radical (unpaired) electrons. The van der Waals surface area contributed by atoms with E-state index in [0.717, 1.165) is 5.56 Å². The molecule has 1 fully saturated rings. The summed E-state index contributed by atoms with van der Waals surface area (Å²) >= 11 is 0. The Morgan fingerprint density at radius 1 is 1.19 bits per heavy atom. The van der Waals surface area contributed by atoms with Crippen molar-refractivity contribution in [2.24, 2.45) is 0 Å². The van der Waals surface area contributed by atoms with E-state index >= 15 is 0 Å². The average molecular weight is 314 g/mol. The van der Waals surface area contributed by atoms with Gasteiger partial charge in [0.1, 0.15) is 0 Å². The van der Waals surface area contributed by atoms with Crippen LogP contribution >= 0.6 is 0 Å². The van der Waals surface area contributed by atoms with E-state index < -0.39 is 21.5 Å². The molecule has 1 saturated heterocycles. The molecule has 0 aliphatic carbocycles. The highest BCUT2D eigenvalue weighted by Gasteiger charge is 2.41. The molecular weight excluding hydrogens is 292 g/mol. The van der Waals surface area contributed by atoms with Crippen LogP contribution < -0.4 is 0 Å². The van der Waals surface area contributed by atoms with Crippen molar-refractivity contribution < 1.29 is 22.1 Å². The zero-order valence-corrected chi connectivity index (χ0v) is 13.7. The van der Waals surface area contributed by atoms with Gasteiger partial charge in [-0.15, -0.1) is 0 Å². The van der Waals surface area contributed by atoms with Crippen molar-refractivity contribution in [3.05, 3.63) is 29.8 Å². The molecule has 1 aliphatic rings. The van der Waals surface area contributed by atoms with Gasteiger partial charge in [-0.25, -0.2) is 0 Å². The Morgan fingerprint density at radius 2 is 1.81 bits per heavy atom. The highest BCUT2D eigenvalue weighted by molar-refractivity contribution is 7.86. The highest BCUT2D eigenvalue weighted by atomic mass is 32.2. The first kappa shape index (κ1) is 16.4. The van der Waals surface area contributed by atoms with E-state index in [-0.39, 0.29) is 11.5 Å². The summed E-state index contributed by atoms with van der Waals surface area (Å²) < 4.78 is 40.5. The maximum Gasteiger partial charge on any atom is 0.296 e. The molecule has 1 atom stereocenters. The second-order valence-electron chi connectivity index (χ2n) is 6.08. The van der Waals surface area contributed by atoms with E-state index in [2.05, 4.69) is 0 Å². The van der Waals surface area contributed by atoms with Crippen LogP contribution in [-0.2, 0) is 23.8 Å². The zero-order valence-electron chi connectivity index (χ0n) is 12.9. The molecule has 0 unspecified atom stereocenters. The van der Waals surface area contributed by atoms with Gasteiger partial charge in [-0.3, -0.25) is 4.18 Å². The summed E-state index contributed by atoms with van der Waals surface area (Å²) in [5.74, 6) is -0.634. The van der Waals surface area contributed by atoms with Gasteiger partial charge in [-0.05, 0) is 39.8 Å². The van der Waals surface area contributed by atoms with E-state index in [4.69, 9.17) is 13.7 Å². The Labute approximate surface area is 126 Å². The fourth-order valence-electron chi connectivity index (χ4n) is 2.24. The topological polar surface area (TPSA) is 61.8 Å². The van der Waals surface area contributed by atoms with Crippen molar-refractivity contribution in [1.82, 2.24) is 0 Å². The highest BCUT2D eigenvalue weighted by Crippen LogP contribution is 2.33. The van der Waals surface area contributed by atoms with Crippen LogP contribution in [0.25, 0.3) is 0 Å². The van der Waals surface area contributed by atoms with Crippen LogP contribution in [0.3, 0.4) is 0 Å². The van der Waals surface area contributed by atoms with Gasteiger partial charge in [-0.2, -0.15) is 8.42 Å². The zero-order chi connectivity index (χ0) is 15.7. The summed E-state index contributed by atoms with van der Waals surface area (Å²) in [6, 6.07) is 6.58. The minimum absolute atomic E-state index is 0.0617. The molecule has 6 heteroatoms. The normalized spacial score (nSPS) is 25.1. The summed E-state index contributed by atoms with van der Waals surface area (Å²) in [4.78, 5) is 0.169. The van der Waals surface area contributed by atoms with E-state index in [9.17, 15) is 8.42 Å². The van der Waals surface area contributed by atoms with Crippen molar-refractivity contribution in [2.75, 3.05) is 13.2 Å². The van der Waals surface area contributed by atoms with Gasteiger partial charge >= 0.3 is 0 Å². The van der Waals surface area contributed by atoms with Crippen LogP contribution in [-0.4, -0.2) is 33.0 Å². The summed E-state index contributed by atoms with van der Waals surface area (Å²) in [6.07, 6.45) is 0.446. The molecule has 1 aromatic carbocycles. The van der Waals surface area contributed by atoms with Crippen LogP contribution in [0.1, 0.15) is 32.8 Å². The van der Waals surface area contributed by atoms with Crippen LogP contribution in [0, 0.1) is 6.92 Å². The molecule has 0 saturated carbocycles. The number of hydrogen-bond donors (Lipinski definition) is 0. The maximum atomic E-state index is 12.1. The second kappa shape index (κ2) is 5.68. The third-order valence-corrected chi connectivity index (χ3v) is 4.72. The first-order valence-electron chi connectivity index (χ1n) is 6.92. The molecule has 1 aromatic rings. The summed E-state index contributed by atoms with van der Waals surface area (Å²) in [5, 5.41) is 0. The Morgan fingerprint density at radius 3 is 2.33 bits per heavy atom. The minimum Gasteiger partial charge on any atom is -0.348 e. The van der Waals surface area contributed by atoms with Crippen LogP contribution in [0.2, 0.25) is 0 Å². The molecule has 0 spiro atoms. The molecule has 0 N–H and O–H groups in total. The molecule has 118 valence electrons. The standard InChI is InChI=1S/C15H22O5S/c1-12-5-7-13(8-6-12)21(16,17)19-10-9-15(4)11-18-14(2,3)20-15/h5-8H,9-11H2,1-4H3/t15-/m1/s1. The van der Waals surface area contributed by atoms with Gasteiger partial charge in [0.05, 0.1) is 23.7 Å². The lowest BCUT2D eigenvalue weighted by molar-refractivity contribution is -0.159. The molecule has 1 aliphatic heterocycles. The molecule has 21 heavy (non-hydrogen) atoms. The van der Waals surface area contributed by atoms with E-state index in [0.29, 0.717) is 13.0 Å². The number of benzene rings is 1. The van der Waals surface area contributed by atoms with Gasteiger partial charge < -0.3 is 9.47 Å². The fourth-order valence-corrected chi connectivity index (χ4v) is 3.15. The predicted molar refractivity (Wildman–Crippen MR) is 78.5 cm³/mol. The summed E-state index contributed by atoms with van der Waals surface area (Å²) in [5.41, 5.74) is 0.479. The summed E-state index contributed by atoms with van der Waals surface area (Å²) in [7, 11) is -3.72. The molecular formula is C15H22O5S. The van der Waals surface area contributed by atoms with Crippen molar-refractivity contribution in [3.8, 4) is 0 Å². The Balaban J connectivity index is 1.92. The fraction of sp³-hybridized carbons (Fsp3) is 0.600. The number of aryl methyl sites for hydroxylation is 1. The first-order valence-corrected chi connectivity index (χ1v) is 8.33. The van der Waals surface area contributed by atoms with Crippen LogP contribution in [0.4, 0.5) is 0 Å². The quantitative estimate of drug-likeness (QED) is 0.782. The largest absolute Gasteiger partial charge is 0.348 e. The lowest BCUT2D eigenvalue weighted by atomic mass is 10.1. The van der Waals surface area contributed by atoms with Gasteiger partial charge in [0.25, 0.3) is 10.1 Å². The van der Waals surface area contributed by atoms with Crippen LogP contribution in [0.15, 0.2) is 29.2 Å². The average Bonchev–Trinajstić information content (AvgIpc) is 2.64. The van der Waals surface area contributed by atoms with Gasteiger partial charge in [0.2, 0.25) is 0 Å². The number of hydrogen-bond acceptors (Lipinski definition) is 5. The summed E-state index contributed by atoms with van der Waals surface area (Å²) in [6.45, 7) is 7.95. The SMILES string of the molecule is Cc1ccc(S(=O)(=O)OCC[C@]2(C)COC(C)(C)O2)cc1. The van der Waals surface area contributed by atoms with E-state index in [1.54, 1.807) is 24.3 Å². The minimum atomic E-state index is -3.72. The van der Waals surface area contributed by atoms with Crippen molar-refractivity contribution in [2.45, 2.75) is 50.4 Å². The lowest BCUT2D eigenvalue weighted by Gasteiger charge is -2.24. The van der Waals surface area contributed by atoms with Crippen molar-refractivity contribution in [1.29, 1.82) is 0 Å². The number of ether oxygens (including phenoxy) is 2. The molecule has 0 aromatic heterocycles. The monoisotopic (exact) mass is 314 g/mol. The third-order valence-electron chi connectivity index (χ3n) is 3.40. The molecule has 2 rings (SSSR count). The predicted octanol–water partition coefficient (Wildman–Crippen LogP) is 2.63. The Kier molecular flexibility index (Phi) is 4.44.